The molecule has 0 amide bonds. The Labute approximate surface area is 67.9 Å². The summed E-state index contributed by atoms with van der Waals surface area (Å²) >= 11 is 0. The van der Waals surface area contributed by atoms with Crippen LogP contribution in [0.3, 0.4) is 0 Å². The quantitative estimate of drug-likeness (QED) is 0.353. The van der Waals surface area contributed by atoms with Crippen LogP contribution in [-0.4, -0.2) is 34.0 Å². The van der Waals surface area contributed by atoms with Crippen molar-refractivity contribution in [2.24, 2.45) is 0 Å². The van der Waals surface area contributed by atoms with Gasteiger partial charge in [-0.15, -0.1) is 0 Å². The van der Waals surface area contributed by atoms with Crippen molar-refractivity contribution in [1.29, 1.82) is 0 Å². The van der Waals surface area contributed by atoms with E-state index in [2.05, 4.69) is 0 Å². The van der Waals surface area contributed by atoms with E-state index in [-0.39, 0.29) is 68.4 Å². The SMILES string of the molecule is [Cr].[Fe].[MgH2].[SiH4]. The van der Waals surface area contributed by atoms with Crippen molar-refractivity contribution >= 4 is 34.0 Å². The van der Waals surface area contributed by atoms with E-state index in [1.165, 1.54) is 0 Å². The Morgan fingerprint density at radius 3 is 1.00 bits per heavy atom. The molecule has 0 saturated heterocycles. The molecule has 0 heterocycles. The third-order valence-corrected chi connectivity index (χ3v) is 0. The van der Waals surface area contributed by atoms with Gasteiger partial charge in [-0.25, -0.2) is 0 Å². The molecular weight excluding hydrogens is 160 g/mol. The summed E-state index contributed by atoms with van der Waals surface area (Å²) in [7, 11) is 0. The molecule has 0 aliphatic rings. The molecule has 0 spiro atoms. The van der Waals surface area contributed by atoms with E-state index in [1.807, 2.05) is 0 Å². The first kappa shape index (κ1) is 36.9. The summed E-state index contributed by atoms with van der Waals surface area (Å²) in [6.45, 7) is 0. The maximum atomic E-state index is 0. The molecule has 0 aromatic carbocycles. The third kappa shape index (κ3) is 8.97. The molecule has 0 radical (unpaired) electrons. The van der Waals surface area contributed by atoms with Crippen LogP contribution < -0.4 is 0 Å². The van der Waals surface area contributed by atoms with E-state index < -0.39 is 0 Å². The normalized spacial score (nSPS) is 0. The first-order chi connectivity index (χ1) is 0. The van der Waals surface area contributed by atoms with E-state index in [1.54, 1.807) is 0 Å². The number of rotatable bonds is 0. The fourth-order valence-electron chi connectivity index (χ4n) is 0. The van der Waals surface area contributed by atoms with Crippen LogP contribution >= 0.6 is 0 Å². The summed E-state index contributed by atoms with van der Waals surface area (Å²) in [5.41, 5.74) is 0. The summed E-state index contributed by atoms with van der Waals surface area (Å²) in [6, 6.07) is 0. The Bertz CT molecular complexity index is 8.00. The Hall–Kier alpha value is 2.04. The van der Waals surface area contributed by atoms with Crippen molar-refractivity contribution in [3.8, 4) is 0 Å². The van der Waals surface area contributed by atoms with Crippen molar-refractivity contribution in [1.82, 2.24) is 0 Å². The molecule has 0 rings (SSSR count). The summed E-state index contributed by atoms with van der Waals surface area (Å²) < 4.78 is 0. The van der Waals surface area contributed by atoms with Crippen LogP contribution in [0.5, 0.6) is 0 Å². The van der Waals surface area contributed by atoms with E-state index in [0.717, 1.165) is 0 Å². The zero-order valence-electron chi connectivity index (χ0n) is 0.762. The summed E-state index contributed by atoms with van der Waals surface area (Å²) in [5, 5.41) is 0. The monoisotopic (exact) mass is 166 g/mol. The second-order valence-electron chi connectivity index (χ2n) is 0. The molecule has 4 heavy (non-hydrogen) atoms. The van der Waals surface area contributed by atoms with Crippen molar-refractivity contribution in [2.75, 3.05) is 0 Å². The summed E-state index contributed by atoms with van der Waals surface area (Å²) in [4.78, 5) is 0. The molecule has 0 aromatic heterocycles. The number of hydrogen-bond acceptors (Lipinski definition) is 0. The molecule has 4 heteroatoms. The van der Waals surface area contributed by atoms with Crippen LogP contribution in [-0.2, 0) is 34.4 Å². The van der Waals surface area contributed by atoms with Crippen LogP contribution in [0.1, 0.15) is 0 Å². The smallest absolute Gasteiger partial charge is 0.0149 e. The van der Waals surface area contributed by atoms with Gasteiger partial charge in [0.05, 0.1) is 0 Å². The average molecular weight is 166 g/mol. The minimum Gasteiger partial charge on any atom is -0.0149 e. The summed E-state index contributed by atoms with van der Waals surface area (Å²) in [6.07, 6.45) is 0. The van der Waals surface area contributed by atoms with Gasteiger partial charge in [0.25, 0.3) is 0 Å². The summed E-state index contributed by atoms with van der Waals surface area (Å²) in [5.74, 6) is 0. The maximum absolute atomic E-state index is 0. The molecule has 0 unspecified atom stereocenters. The third-order valence-electron chi connectivity index (χ3n) is 0. The zero-order chi connectivity index (χ0) is 0. The Morgan fingerprint density at radius 1 is 1.00 bits per heavy atom. The van der Waals surface area contributed by atoms with E-state index in [4.69, 9.17) is 0 Å². The van der Waals surface area contributed by atoms with Gasteiger partial charge in [-0.3, -0.25) is 0 Å². The molecule has 0 atom stereocenters. The molecule has 0 fully saturated rings. The standard InChI is InChI=1S/Cr.Fe.Mg.H4Si.2H/h;;;1H4;;. The number of hydrogen-bond donors (Lipinski definition) is 0. The van der Waals surface area contributed by atoms with Crippen molar-refractivity contribution in [3.63, 3.8) is 0 Å². The van der Waals surface area contributed by atoms with Gasteiger partial charge < -0.3 is 0 Å². The second-order valence-corrected chi connectivity index (χ2v) is 0. The van der Waals surface area contributed by atoms with E-state index >= 15 is 0 Å². The van der Waals surface area contributed by atoms with Gasteiger partial charge in [0.15, 0.2) is 0 Å². The Balaban J connectivity index is 0. The van der Waals surface area contributed by atoms with Gasteiger partial charge in [-0.1, -0.05) is 0 Å². The fourth-order valence-corrected chi connectivity index (χ4v) is 0. The van der Waals surface area contributed by atoms with E-state index in [0.29, 0.717) is 0 Å². The van der Waals surface area contributed by atoms with Gasteiger partial charge >= 0.3 is 23.1 Å². The molecular formula is H6CrFeMgSi. The molecule has 0 bridgehead atoms. The van der Waals surface area contributed by atoms with Crippen LogP contribution in [0.4, 0.5) is 0 Å². The van der Waals surface area contributed by atoms with Gasteiger partial charge in [0.1, 0.15) is 0 Å². The molecule has 0 aromatic rings. The predicted octanol–water partition coefficient (Wildman–Crippen LogP) is -2.37. The first-order valence-corrected chi connectivity index (χ1v) is 0. The zero-order valence-corrected chi connectivity index (χ0v) is 3.14. The predicted molar refractivity (Wildman–Crippen MR) is 19.9 cm³/mol. The average Bonchev–Trinajstić information content (AvgIpc) is 0. The van der Waals surface area contributed by atoms with Gasteiger partial charge in [0.2, 0.25) is 0 Å². The van der Waals surface area contributed by atoms with Crippen LogP contribution in [0.25, 0.3) is 0 Å². The Kier molecular flexibility index (Phi) is 183. The minimum atomic E-state index is 0. The van der Waals surface area contributed by atoms with Crippen LogP contribution in [0, 0.1) is 0 Å². The van der Waals surface area contributed by atoms with Crippen LogP contribution in [0.2, 0.25) is 0 Å². The largest absolute Gasteiger partial charge is 0.316 e. The van der Waals surface area contributed by atoms with Crippen LogP contribution in [0.15, 0.2) is 0 Å². The van der Waals surface area contributed by atoms with Crippen molar-refractivity contribution in [2.45, 2.75) is 0 Å². The van der Waals surface area contributed by atoms with Crippen molar-refractivity contribution in [3.05, 3.63) is 0 Å². The van der Waals surface area contributed by atoms with Gasteiger partial charge in [-0.2, -0.15) is 0 Å². The van der Waals surface area contributed by atoms with E-state index in [9.17, 15) is 0 Å². The van der Waals surface area contributed by atoms with Gasteiger partial charge in [-0.05, 0) is 11.0 Å². The van der Waals surface area contributed by atoms with Crippen molar-refractivity contribution < 1.29 is 34.4 Å². The second kappa shape index (κ2) is 19.8. The minimum absolute atomic E-state index is 0. The molecule has 26 valence electrons. The topological polar surface area (TPSA) is 0 Å². The molecule has 0 saturated carbocycles. The Morgan fingerprint density at radius 2 is 1.00 bits per heavy atom. The molecule has 0 aliphatic carbocycles. The molecule has 0 aliphatic heterocycles. The fraction of sp³-hybridized carbons (Fsp3) is 0. The van der Waals surface area contributed by atoms with Gasteiger partial charge in [0, 0.05) is 34.4 Å². The molecule has 0 N–H and O–H groups in total. The molecule has 0 nitrogen and oxygen atoms in total. The maximum Gasteiger partial charge on any atom is 0.316 e. The first-order valence-electron chi connectivity index (χ1n) is 0.